The highest BCUT2D eigenvalue weighted by atomic mass is 35.5. The Morgan fingerprint density at radius 3 is 2.43 bits per heavy atom. The number of thioether (sulfide) groups is 1. The number of furan rings is 1. The summed E-state index contributed by atoms with van der Waals surface area (Å²) in [4.78, 5) is 26.4. The van der Waals surface area contributed by atoms with Crippen molar-refractivity contribution in [2.45, 2.75) is 0 Å². The first-order valence-corrected chi connectivity index (χ1v) is 9.97. The molecule has 0 aliphatic carbocycles. The van der Waals surface area contributed by atoms with Gasteiger partial charge in [0.25, 0.3) is 11.1 Å². The number of hydrogen-bond acceptors (Lipinski definition) is 4. The smallest absolute Gasteiger partial charge is 0.298 e. The molecule has 1 aromatic heterocycles. The van der Waals surface area contributed by atoms with Gasteiger partial charge >= 0.3 is 0 Å². The van der Waals surface area contributed by atoms with Gasteiger partial charge in [-0.1, -0.05) is 40.9 Å². The molecule has 3 aromatic rings. The van der Waals surface area contributed by atoms with Crippen molar-refractivity contribution in [1.29, 1.82) is 0 Å². The fourth-order valence-corrected chi connectivity index (χ4v) is 4.02. The maximum Gasteiger partial charge on any atom is 0.298 e. The van der Waals surface area contributed by atoms with Crippen molar-refractivity contribution >= 4 is 69.5 Å². The molecule has 1 aliphatic heterocycles. The molecular weight excluding hydrogens is 441 g/mol. The van der Waals surface area contributed by atoms with Gasteiger partial charge in [0.1, 0.15) is 11.5 Å². The third-order valence-electron chi connectivity index (χ3n) is 4.00. The van der Waals surface area contributed by atoms with Crippen LogP contribution >= 0.6 is 46.6 Å². The minimum Gasteiger partial charge on any atom is -0.457 e. The maximum absolute atomic E-state index is 12.7. The van der Waals surface area contributed by atoms with Gasteiger partial charge in [-0.05, 0) is 60.3 Å². The minimum absolute atomic E-state index is 0.262. The number of imide groups is 1. The molecule has 2 heterocycles. The third-order valence-corrected chi connectivity index (χ3v) is 5.94. The number of carbonyl (C=O) groups excluding carboxylic acids is 2. The number of rotatable bonds is 3. The second-order valence-electron chi connectivity index (χ2n) is 5.80. The molecule has 140 valence electrons. The Kier molecular flexibility index (Phi) is 5.25. The van der Waals surface area contributed by atoms with E-state index in [2.05, 4.69) is 0 Å². The fourth-order valence-electron chi connectivity index (χ4n) is 2.68. The molecule has 0 unspecified atom stereocenters. The van der Waals surface area contributed by atoms with Gasteiger partial charge in [-0.3, -0.25) is 9.59 Å². The lowest BCUT2D eigenvalue weighted by Gasteiger charge is -2.11. The van der Waals surface area contributed by atoms with Crippen LogP contribution < -0.4 is 4.90 Å². The third kappa shape index (κ3) is 3.59. The molecule has 4 nitrogen and oxygen atoms in total. The first-order chi connectivity index (χ1) is 13.4. The summed E-state index contributed by atoms with van der Waals surface area (Å²) in [5, 5.41) is 0.937. The van der Waals surface area contributed by atoms with Crippen molar-refractivity contribution in [1.82, 2.24) is 0 Å². The Bertz CT molecular complexity index is 1120. The van der Waals surface area contributed by atoms with Crippen LogP contribution in [0.1, 0.15) is 5.76 Å². The Morgan fingerprint density at radius 1 is 0.929 bits per heavy atom. The lowest BCUT2D eigenvalue weighted by atomic mass is 10.2. The highest BCUT2D eigenvalue weighted by molar-refractivity contribution is 8.19. The van der Waals surface area contributed by atoms with Crippen LogP contribution in [-0.4, -0.2) is 11.1 Å². The Balaban J connectivity index is 1.62. The van der Waals surface area contributed by atoms with Crippen molar-refractivity contribution in [2.24, 2.45) is 0 Å². The second kappa shape index (κ2) is 7.68. The summed E-state index contributed by atoms with van der Waals surface area (Å²) >= 11 is 19.0. The number of anilines is 1. The maximum atomic E-state index is 12.7. The zero-order chi connectivity index (χ0) is 19.8. The van der Waals surface area contributed by atoms with Crippen LogP contribution in [0.4, 0.5) is 10.5 Å². The molecule has 4 rings (SSSR count). The molecule has 0 saturated carbocycles. The van der Waals surface area contributed by atoms with Crippen LogP contribution in [0.5, 0.6) is 0 Å². The summed E-state index contributed by atoms with van der Waals surface area (Å²) in [5.41, 5.74) is 1.10. The van der Waals surface area contributed by atoms with Crippen LogP contribution in [-0.2, 0) is 4.79 Å². The van der Waals surface area contributed by atoms with Gasteiger partial charge < -0.3 is 4.42 Å². The van der Waals surface area contributed by atoms with Crippen LogP contribution in [0.25, 0.3) is 17.4 Å². The summed E-state index contributed by atoms with van der Waals surface area (Å²) in [7, 11) is 0. The number of benzene rings is 2. The lowest BCUT2D eigenvalue weighted by Crippen LogP contribution is -2.27. The molecule has 0 bridgehead atoms. The molecule has 1 saturated heterocycles. The molecule has 0 radical (unpaired) electrons. The van der Waals surface area contributed by atoms with E-state index in [0.717, 1.165) is 16.7 Å². The molecular formula is C20H10Cl3NO3S. The first kappa shape index (κ1) is 19.2. The molecule has 0 spiro atoms. The lowest BCUT2D eigenvalue weighted by molar-refractivity contribution is -0.113. The number of hydrogen-bond donors (Lipinski definition) is 0. The number of carbonyl (C=O) groups is 2. The predicted octanol–water partition coefficient (Wildman–Crippen LogP) is 7.15. The molecule has 8 heteroatoms. The van der Waals surface area contributed by atoms with E-state index in [9.17, 15) is 9.59 Å². The Hall–Kier alpha value is -2.18. The SMILES string of the molecule is O=C1S/C(=C\c2ccc(-c3cccc(Cl)c3Cl)o2)C(=O)N1c1ccc(Cl)cc1. The van der Waals surface area contributed by atoms with Gasteiger partial charge in [-0.2, -0.15) is 0 Å². The number of nitrogens with zero attached hydrogens (tertiary/aromatic N) is 1. The normalized spacial score (nSPS) is 15.7. The quantitative estimate of drug-likeness (QED) is 0.398. The number of halogens is 3. The second-order valence-corrected chi connectivity index (χ2v) is 8.01. The van der Waals surface area contributed by atoms with E-state index in [0.29, 0.717) is 37.8 Å². The monoisotopic (exact) mass is 449 g/mol. The molecule has 28 heavy (non-hydrogen) atoms. The van der Waals surface area contributed by atoms with E-state index in [-0.39, 0.29) is 10.1 Å². The highest BCUT2D eigenvalue weighted by Crippen LogP contribution is 2.38. The van der Waals surface area contributed by atoms with Crippen molar-refractivity contribution in [3.8, 4) is 11.3 Å². The molecule has 1 fully saturated rings. The van der Waals surface area contributed by atoms with Gasteiger partial charge in [0.15, 0.2) is 0 Å². The Labute approximate surface area is 179 Å². The minimum atomic E-state index is -0.420. The van der Waals surface area contributed by atoms with E-state index in [1.807, 2.05) is 0 Å². The van der Waals surface area contributed by atoms with Crippen LogP contribution in [0.15, 0.2) is 63.9 Å². The van der Waals surface area contributed by atoms with Gasteiger partial charge in [0.2, 0.25) is 0 Å². The topological polar surface area (TPSA) is 50.5 Å². The average molecular weight is 451 g/mol. The van der Waals surface area contributed by atoms with E-state index in [4.69, 9.17) is 39.2 Å². The summed E-state index contributed by atoms with van der Waals surface area (Å²) in [6.45, 7) is 0. The van der Waals surface area contributed by atoms with Gasteiger partial charge in [0, 0.05) is 16.7 Å². The van der Waals surface area contributed by atoms with Gasteiger partial charge in [-0.15, -0.1) is 0 Å². The van der Waals surface area contributed by atoms with Gasteiger partial charge in [-0.25, -0.2) is 4.90 Å². The molecule has 2 amide bonds. The van der Waals surface area contributed by atoms with Crippen molar-refractivity contribution in [2.75, 3.05) is 4.90 Å². The van der Waals surface area contributed by atoms with E-state index >= 15 is 0 Å². The van der Waals surface area contributed by atoms with Crippen molar-refractivity contribution in [3.63, 3.8) is 0 Å². The standard InChI is InChI=1S/C20H10Cl3NO3S/c21-11-4-6-12(7-5-11)24-19(25)17(28-20(24)26)10-13-8-9-16(27-13)14-2-1-3-15(22)18(14)23/h1-10H/b17-10-. The molecule has 0 N–H and O–H groups in total. The summed E-state index contributed by atoms with van der Waals surface area (Å²) in [6, 6.07) is 15.1. The van der Waals surface area contributed by atoms with Gasteiger partial charge in [0.05, 0.1) is 20.6 Å². The molecule has 0 atom stereocenters. The molecule has 2 aromatic carbocycles. The zero-order valence-electron chi connectivity index (χ0n) is 14.0. The number of amides is 2. The zero-order valence-corrected chi connectivity index (χ0v) is 17.1. The van der Waals surface area contributed by atoms with Crippen LogP contribution in [0, 0.1) is 0 Å². The largest absolute Gasteiger partial charge is 0.457 e. The van der Waals surface area contributed by atoms with Crippen molar-refractivity contribution < 1.29 is 14.0 Å². The van der Waals surface area contributed by atoms with Crippen molar-refractivity contribution in [3.05, 3.63) is 80.3 Å². The van der Waals surface area contributed by atoms with E-state index in [1.54, 1.807) is 54.6 Å². The summed E-state index contributed by atoms with van der Waals surface area (Å²) in [6.07, 6.45) is 1.53. The highest BCUT2D eigenvalue weighted by Gasteiger charge is 2.36. The fraction of sp³-hybridized carbons (Fsp3) is 0. The Morgan fingerprint density at radius 2 is 1.68 bits per heavy atom. The predicted molar refractivity (Wildman–Crippen MR) is 114 cm³/mol. The molecule has 1 aliphatic rings. The first-order valence-electron chi connectivity index (χ1n) is 8.02. The summed E-state index contributed by atoms with van der Waals surface area (Å²) in [5.74, 6) is 0.513. The summed E-state index contributed by atoms with van der Waals surface area (Å²) < 4.78 is 5.78. The van der Waals surface area contributed by atoms with Crippen LogP contribution in [0.3, 0.4) is 0 Å². The van der Waals surface area contributed by atoms with E-state index in [1.165, 1.54) is 6.08 Å². The van der Waals surface area contributed by atoms with E-state index < -0.39 is 5.91 Å². The average Bonchev–Trinajstić information content (AvgIpc) is 3.23. The van der Waals surface area contributed by atoms with Crippen LogP contribution in [0.2, 0.25) is 15.1 Å².